The number of hydrogen-bond donors (Lipinski definition) is 1. The number of aromatic nitrogens is 1. The monoisotopic (exact) mass is 482 g/mol. The predicted molar refractivity (Wildman–Crippen MR) is 136 cm³/mol. The zero-order chi connectivity index (χ0) is 25.0. The van der Waals surface area contributed by atoms with Crippen molar-refractivity contribution in [3.05, 3.63) is 76.6 Å². The highest BCUT2D eigenvalue weighted by molar-refractivity contribution is 7.92. The summed E-state index contributed by atoms with van der Waals surface area (Å²) in [5, 5.41) is 4.06. The summed E-state index contributed by atoms with van der Waals surface area (Å²) in [7, 11) is -2.16. The van der Waals surface area contributed by atoms with Gasteiger partial charge < -0.3 is 9.30 Å². The molecule has 0 saturated carbocycles. The fourth-order valence-corrected chi connectivity index (χ4v) is 4.69. The molecule has 0 radical (unpaired) electrons. The average molecular weight is 483 g/mol. The van der Waals surface area contributed by atoms with Gasteiger partial charge in [-0.25, -0.2) is 13.8 Å². The molecule has 0 aliphatic heterocycles. The third-order valence-electron chi connectivity index (χ3n) is 5.50. The number of anilines is 1. The van der Waals surface area contributed by atoms with Gasteiger partial charge in [-0.05, 0) is 69.7 Å². The largest absolute Gasteiger partial charge is 0.497 e. The van der Waals surface area contributed by atoms with E-state index in [0.29, 0.717) is 11.4 Å². The molecule has 0 fully saturated rings. The first-order valence-corrected chi connectivity index (χ1v) is 12.6. The molecule has 1 N–H and O–H groups in total. The minimum Gasteiger partial charge on any atom is -0.497 e. The highest BCUT2D eigenvalue weighted by Crippen LogP contribution is 2.23. The van der Waals surface area contributed by atoms with Crippen LogP contribution in [0.4, 0.5) is 5.69 Å². The van der Waals surface area contributed by atoms with Crippen molar-refractivity contribution in [3.8, 4) is 11.4 Å². The minimum atomic E-state index is -3.68. The molecule has 180 valence electrons. The molecule has 0 saturated heterocycles. The second-order valence-corrected chi connectivity index (χ2v) is 10.1. The molecule has 0 spiro atoms. The molecule has 8 nitrogen and oxygen atoms in total. The zero-order valence-electron chi connectivity index (χ0n) is 20.3. The normalized spacial score (nSPS) is 11.6. The number of sulfonamides is 1. The number of amides is 1. The number of ether oxygens (including phenoxy) is 1. The van der Waals surface area contributed by atoms with Crippen molar-refractivity contribution in [3.63, 3.8) is 0 Å². The maximum Gasteiger partial charge on any atom is 0.260 e. The van der Waals surface area contributed by atoms with Crippen molar-refractivity contribution >= 4 is 27.8 Å². The third kappa shape index (κ3) is 5.66. The summed E-state index contributed by atoms with van der Waals surface area (Å²) >= 11 is 0. The lowest BCUT2D eigenvalue weighted by atomic mass is 10.1. The Kier molecular flexibility index (Phi) is 7.46. The van der Waals surface area contributed by atoms with Crippen LogP contribution in [0.25, 0.3) is 5.69 Å². The second-order valence-electron chi connectivity index (χ2n) is 8.21. The van der Waals surface area contributed by atoms with E-state index in [1.54, 1.807) is 30.5 Å². The SMILES string of the molecule is COc1ccc(N(CC(=O)N/N=C\c2cc(C)n(-c3ccc(C)cc3C)c2C)S(C)(=O)=O)cc1. The molecule has 1 aromatic heterocycles. The first-order chi connectivity index (χ1) is 16.0. The fourth-order valence-electron chi connectivity index (χ4n) is 3.83. The molecule has 3 aromatic rings. The molecule has 0 aliphatic carbocycles. The van der Waals surface area contributed by atoms with Crippen LogP contribution in [0.15, 0.2) is 53.6 Å². The van der Waals surface area contributed by atoms with E-state index in [0.717, 1.165) is 38.8 Å². The average Bonchev–Trinajstić information content (AvgIpc) is 3.04. The van der Waals surface area contributed by atoms with Gasteiger partial charge in [-0.3, -0.25) is 9.10 Å². The van der Waals surface area contributed by atoms with Gasteiger partial charge in [0, 0.05) is 22.6 Å². The highest BCUT2D eigenvalue weighted by atomic mass is 32.2. The van der Waals surface area contributed by atoms with Crippen LogP contribution >= 0.6 is 0 Å². The molecule has 0 bridgehead atoms. The van der Waals surface area contributed by atoms with Crippen molar-refractivity contribution in [1.82, 2.24) is 9.99 Å². The van der Waals surface area contributed by atoms with E-state index in [1.807, 2.05) is 19.9 Å². The van der Waals surface area contributed by atoms with Gasteiger partial charge in [-0.1, -0.05) is 17.7 Å². The van der Waals surface area contributed by atoms with Gasteiger partial charge in [0.2, 0.25) is 10.0 Å². The summed E-state index contributed by atoms with van der Waals surface area (Å²) in [5.41, 5.74) is 9.13. The summed E-state index contributed by atoms with van der Waals surface area (Å²) in [6.07, 6.45) is 2.62. The van der Waals surface area contributed by atoms with Crippen LogP contribution in [-0.4, -0.2) is 45.0 Å². The van der Waals surface area contributed by atoms with Crippen LogP contribution in [-0.2, 0) is 14.8 Å². The van der Waals surface area contributed by atoms with Gasteiger partial charge >= 0.3 is 0 Å². The van der Waals surface area contributed by atoms with Gasteiger partial charge in [0.1, 0.15) is 12.3 Å². The highest BCUT2D eigenvalue weighted by Gasteiger charge is 2.21. The van der Waals surface area contributed by atoms with E-state index in [2.05, 4.69) is 47.1 Å². The molecule has 0 atom stereocenters. The van der Waals surface area contributed by atoms with Gasteiger partial charge in [-0.2, -0.15) is 5.10 Å². The topological polar surface area (TPSA) is 93.0 Å². The number of aryl methyl sites for hydroxylation is 3. The Balaban J connectivity index is 1.75. The van der Waals surface area contributed by atoms with Crippen molar-refractivity contribution in [1.29, 1.82) is 0 Å². The van der Waals surface area contributed by atoms with Gasteiger partial charge in [0.05, 0.1) is 25.3 Å². The molecule has 0 unspecified atom stereocenters. The number of methoxy groups -OCH3 is 1. The van der Waals surface area contributed by atoms with Crippen LogP contribution < -0.4 is 14.5 Å². The fraction of sp³-hybridized carbons (Fsp3) is 0.280. The standard InChI is InChI=1S/C25H30N4O4S/c1-17-7-12-24(18(2)13-17)29-19(3)14-21(20(29)4)15-26-27-25(30)16-28(34(6,31)32)22-8-10-23(33-5)11-9-22/h7-15H,16H2,1-6H3,(H,27,30)/b26-15-. The quantitative estimate of drug-likeness (QED) is 0.392. The lowest BCUT2D eigenvalue weighted by Gasteiger charge is -2.21. The van der Waals surface area contributed by atoms with E-state index in [9.17, 15) is 13.2 Å². The summed E-state index contributed by atoms with van der Waals surface area (Å²) < 4.78 is 32.8. The number of carbonyl (C=O) groups excluding carboxylic acids is 1. The Bertz CT molecular complexity index is 1330. The number of carbonyl (C=O) groups is 1. The van der Waals surface area contributed by atoms with Crippen LogP contribution in [0.5, 0.6) is 5.75 Å². The van der Waals surface area contributed by atoms with Crippen molar-refractivity contribution in [2.45, 2.75) is 27.7 Å². The Morgan fingerprint density at radius 3 is 2.35 bits per heavy atom. The molecule has 34 heavy (non-hydrogen) atoms. The molecule has 1 amide bonds. The van der Waals surface area contributed by atoms with Gasteiger partial charge in [0.15, 0.2) is 0 Å². The zero-order valence-corrected chi connectivity index (χ0v) is 21.1. The predicted octanol–water partition coefficient (Wildman–Crippen LogP) is 3.64. The molecule has 1 heterocycles. The maximum atomic E-state index is 12.5. The number of benzene rings is 2. The van der Waals surface area contributed by atoms with Crippen LogP contribution in [0.3, 0.4) is 0 Å². The number of hydrazone groups is 1. The first kappa shape index (κ1) is 25.0. The number of nitrogens with zero attached hydrogens (tertiary/aromatic N) is 3. The Morgan fingerprint density at radius 2 is 1.76 bits per heavy atom. The minimum absolute atomic E-state index is 0.361. The van der Waals surface area contributed by atoms with Crippen molar-refractivity contribution < 1.29 is 17.9 Å². The van der Waals surface area contributed by atoms with E-state index in [-0.39, 0.29) is 0 Å². The maximum absolute atomic E-state index is 12.5. The summed E-state index contributed by atoms with van der Waals surface area (Å²) in [6, 6.07) is 14.7. The van der Waals surface area contributed by atoms with Crippen LogP contribution in [0.2, 0.25) is 0 Å². The van der Waals surface area contributed by atoms with Crippen molar-refractivity contribution in [2.24, 2.45) is 5.10 Å². The Hall–Kier alpha value is -3.59. The molecule has 2 aromatic carbocycles. The Labute approximate surface area is 200 Å². The summed E-state index contributed by atoms with van der Waals surface area (Å²) in [4.78, 5) is 12.5. The molecule has 0 aliphatic rings. The van der Waals surface area contributed by atoms with E-state index < -0.39 is 22.5 Å². The van der Waals surface area contributed by atoms with Crippen LogP contribution in [0, 0.1) is 27.7 Å². The second kappa shape index (κ2) is 10.1. The number of hydrogen-bond acceptors (Lipinski definition) is 5. The van der Waals surface area contributed by atoms with Crippen LogP contribution in [0.1, 0.15) is 28.1 Å². The van der Waals surface area contributed by atoms with Gasteiger partial charge in [-0.15, -0.1) is 0 Å². The lowest BCUT2D eigenvalue weighted by Crippen LogP contribution is -2.39. The first-order valence-electron chi connectivity index (χ1n) is 10.7. The summed E-state index contributed by atoms with van der Waals surface area (Å²) in [6.45, 7) is 7.74. The van der Waals surface area contributed by atoms with E-state index in [4.69, 9.17) is 4.74 Å². The third-order valence-corrected chi connectivity index (χ3v) is 6.64. The van der Waals surface area contributed by atoms with Crippen molar-refractivity contribution in [2.75, 3.05) is 24.2 Å². The van der Waals surface area contributed by atoms with E-state index >= 15 is 0 Å². The number of nitrogens with one attached hydrogen (secondary N) is 1. The van der Waals surface area contributed by atoms with E-state index in [1.165, 1.54) is 12.7 Å². The lowest BCUT2D eigenvalue weighted by molar-refractivity contribution is -0.119. The number of rotatable bonds is 8. The van der Waals surface area contributed by atoms with Gasteiger partial charge in [0.25, 0.3) is 5.91 Å². The molecule has 9 heteroatoms. The molecule has 3 rings (SSSR count). The smallest absolute Gasteiger partial charge is 0.260 e. The molecular weight excluding hydrogens is 452 g/mol. The molecular formula is C25H30N4O4S. The summed E-state index contributed by atoms with van der Waals surface area (Å²) in [5.74, 6) is 0.0327. The Morgan fingerprint density at radius 1 is 1.09 bits per heavy atom.